The third kappa shape index (κ3) is 4.77. The van der Waals surface area contributed by atoms with Gasteiger partial charge in [-0.15, -0.1) is 0 Å². The molecule has 0 bridgehead atoms. The number of ether oxygens (including phenoxy) is 1. The molecule has 0 radical (unpaired) electrons. The number of aryl methyl sites for hydroxylation is 1. The van der Waals surface area contributed by atoms with Crippen LogP contribution in [0, 0.1) is 6.92 Å². The first-order valence-corrected chi connectivity index (χ1v) is 6.52. The van der Waals surface area contributed by atoms with Gasteiger partial charge in [0.25, 0.3) is 0 Å². The summed E-state index contributed by atoms with van der Waals surface area (Å²) in [5.41, 5.74) is 2.16. The largest absolute Gasteiger partial charge is 0.387 e. The molecular weight excluding hydrogens is 226 g/mol. The fourth-order valence-electron chi connectivity index (χ4n) is 1.97. The average Bonchev–Trinajstić information content (AvgIpc) is 2.33. The Hall–Kier alpha value is -0.900. The van der Waals surface area contributed by atoms with Crippen LogP contribution in [0.1, 0.15) is 31.1 Å². The lowest BCUT2D eigenvalue weighted by Crippen LogP contribution is -2.37. The maximum atomic E-state index is 10.3. The first-order valence-electron chi connectivity index (χ1n) is 6.52. The summed E-state index contributed by atoms with van der Waals surface area (Å²) in [7, 11) is 1.70. The molecule has 0 saturated carbocycles. The fourth-order valence-corrected chi connectivity index (χ4v) is 1.97. The average molecular weight is 251 g/mol. The van der Waals surface area contributed by atoms with E-state index in [1.165, 1.54) is 5.56 Å². The summed E-state index contributed by atoms with van der Waals surface area (Å²) < 4.78 is 5.11. The van der Waals surface area contributed by atoms with Gasteiger partial charge in [-0.1, -0.05) is 29.8 Å². The lowest BCUT2D eigenvalue weighted by molar-refractivity contribution is 0.0721. The summed E-state index contributed by atoms with van der Waals surface area (Å²) in [4.78, 5) is 2.23. The Morgan fingerprint density at radius 1 is 1.33 bits per heavy atom. The number of nitrogens with zero attached hydrogens (tertiary/aromatic N) is 1. The van der Waals surface area contributed by atoms with E-state index in [9.17, 15) is 5.11 Å². The molecule has 0 aromatic heterocycles. The quantitative estimate of drug-likeness (QED) is 0.807. The highest BCUT2D eigenvalue weighted by atomic mass is 16.5. The Morgan fingerprint density at radius 2 is 2.06 bits per heavy atom. The number of aliphatic hydroxyl groups excluding tert-OH is 1. The molecule has 1 unspecified atom stereocenters. The minimum absolute atomic E-state index is 0.402. The maximum Gasteiger partial charge on any atom is 0.0917 e. The molecule has 1 N–H and O–H groups in total. The lowest BCUT2D eigenvalue weighted by atomic mass is 10.1. The fraction of sp³-hybridized carbons (Fsp3) is 0.600. The molecule has 18 heavy (non-hydrogen) atoms. The Balaban J connectivity index is 2.63. The molecule has 0 saturated heterocycles. The van der Waals surface area contributed by atoms with Crippen LogP contribution < -0.4 is 0 Å². The van der Waals surface area contributed by atoms with E-state index in [1.807, 2.05) is 31.2 Å². The first-order chi connectivity index (χ1) is 8.54. The van der Waals surface area contributed by atoms with Crippen LogP contribution in [0.4, 0.5) is 0 Å². The second kappa shape index (κ2) is 7.52. The Bertz CT molecular complexity index is 352. The van der Waals surface area contributed by atoms with Crippen molar-refractivity contribution < 1.29 is 9.84 Å². The zero-order valence-corrected chi connectivity index (χ0v) is 11.9. The van der Waals surface area contributed by atoms with E-state index in [1.54, 1.807) is 7.11 Å². The minimum atomic E-state index is -0.441. The third-order valence-corrected chi connectivity index (χ3v) is 3.15. The smallest absolute Gasteiger partial charge is 0.0917 e. The van der Waals surface area contributed by atoms with Crippen LogP contribution in [-0.2, 0) is 4.74 Å². The van der Waals surface area contributed by atoms with Crippen molar-refractivity contribution in [3.8, 4) is 0 Å². The molecule has 0 amide bonds. The zero-order valence-electron chi connectivity index (χ0n) is 11.9. The molecular formula is C15H25NO2. The van der Waals surface area contributed by atoms with Crippen LogP contribution in [0.3, 0.4) is 0 Å². The van der Waals surface area contributed by atoms with E-state index in [2.05, 4.69) is 18.7 Å². The number of methoxy groups -OCH3 is 1. The van der Waals surface area contributed by atoms with Gasteiger partial charge in [-0.3, -0.25) is 4.90 Å². The number of benzene rings is 1. The summed E-state index contributed by atoms with van der Waals surface area (Å²) in [5.74, 6) is 0. The number of rotatable bonds is 7. The summed E-state index contributed by atoms with van der Waals surface area (Å²) in [6.45, 7) is 8.50. The van der Waals surface area contributed by atoms with Crippen molar-refractivity contribution in [1.29, 1.82) is 0 Å². The standard InChI is InChI=1S/C15H25NO2/c1-12(2)16(8-9-18-4)11-15(17)14-7-5-6-13(3)10-14/h5-7,10,12,15,17H,8-9,11H2,1-4H3. The highest BCUT2D eigenvalue weighted by molar-refractivity contribution is 5.24. The molecule has 1 aromatic rings. The molecule has 102 valence electrons. The molecule has 0 aliphatic rings. The molecule has 1 aromatic carbocycles. The lowest BCUT2D eigenvalue weighted by Gasteiger charge is -2.28. The van der Waals surface area contributed by atoms with Gasteiger partial charge in [0, 0.05) is 26.2 Å². The van der Waals surface area contributed by atoms with Gasteiger partial charge in [-0.2, -0.15) is 0 Å². The van der Waals surface area contributed by atoms with E-state index in [-0.39, 0.29) is 0 Å². The van der Waals surface area contributed by atoms with E-state index >= 15 is 0 Å². The topological polar surface area (TPSA) is 32.7 Å². The van der Waals surface area contributed by atoms with Gasteiger partial charge < -0.3 is 9.84 Å². The number of hydrogen-bond acceptors (Lipinski definition) is 3. The second-order valence-electron chi connectivity index (χ2n) is 5.01. The van der Waals surface area contributed by atoms with Gasteiger partial charge in [0.05, 0.1) is 12.7 Å². The normalized spacial score (nSPS) is 13.3. The van der Waals surface area contributed by atoms with Crippen molar-refractivity contribution in [2.24, 2.45) is 0 Å². The van der Waals surface area contributed by atoms with Crippen LogP contribution in [0.15, 0.2) is 24.3 Å². The molecule has 0 heterocycles. The Morgan fingerprint density at radius 3 is 2.61 bits per heavy atom. The summed E-state index contributed by atoms with van der Waals surface area (Å²) >= 11 is 0. The number of hydrogen-bond donors (Lipinski definition) is 1. The SMILES string of the molecule is COCCN(CC(O)c1cccc(C)c1)C(C)C. The minimum Gasteiger partial charge on any atom is -0.387 e. The highest BCUT2D eigenvalue weighted by Gasteiger charge is 2.15. The van der Waals surface area contributed by atoms with Gasteiger partial charge in [0.15, 0.2) is 0 Å². The van der Waals surface area contributed by atoms with E-state index < -0.39 is 6.10 Å². The van der Waals surface area contributed by atoms with Gasteiger partial charge in [-0.25, -0.2) is 0 Å². The maximum absolute atomic E-state index is 10.3. The van der Waals surface area contributed by atoms with Crippen LogP contribution in [0.25, 0.3) is 0 Å². The summed E-state index contributed by atoms with van der Waals surface area (Å²) in [6.07, 6.45) is -0.441. The Labute approximate surface area is 110 Å². The first kappa shape index (κ1) is 15.2. The van der Waals surface area contributed by atoms with E-state index in [0.717, 1.165) is 12.1 Å². The third-order valence-electron chi connectivity index (χ3n) is 3.15. The molecule has 0 aliphatic carbocycles. The van der Waals surface area contributed by atoms with Crippen molar-refractivity contribution in [2.75, 3.05) is 26.8 Å². The van der Waals surface area contributed by atoms with Gasteiger partial charge in [-0.05, 0) is 26.3 Å². The van der Waals surface area contributed by atoms with Crippen LogP contribution >= 0.6 is 0 Å². The van der Waals surface area contributed by atoms with Gasteiger partial charge in [0.2, 0.25) is 0 Å². The van der Waals surface area contributed by atoms with E-state index in [0.29, 0.717) is 19.2 Å². The van der Waals surface area contributed by atoms with Crippen molar-refractivity contribution in [1.82, 2.24) is 4.90 Å². The molecule has 1 atom stereocenters. The van der Waals surface area contributed by atoms with Crippen molar-refractivity contribution in [2.45, 2.75) is 32.9 Å². The zero-order chi connectivity index (χ0) is 13.5. The predicted molar refractivity (Wildman–Crippen MR) is 74.7 cm³/mol. The van der Waals surface area contributed by atoms with Crippen LogP contribution in [0.2, 0.25) is 0 Å². The highest BCUT2D eigenvalue weighted by Crippen LogP contribution is 2.16. The van der Waals surface area contributed by atoms with E-state index in [4.69, 9.17) is 4.74 Å². The monoisotopic (exact) mass is 251 g/mol. The Kier molecular flexibility index (Phi) is 6.33. The second-order valence-corrected chi connectivity index (χ2v) is 5.01. The molecule has 0 aliphatic heterocycles. The molecule has 3 heteroatoms. The molecule has 3 nitrogen and oxygen atoms in total. The van der Waals surface area contributed by atoms with Crippen molar-refractivity contribution in [3.63, 3.8) is 0 Å². The molecule has 1 rings (SSSR count). The van der Waals surface area contributed by atoms with Crippen molar-refractivity contribution in [3.05, 3.63) is 35.4 Å². The van der Waals surface area contributed by atoms with Crippen molar-refractivity contribution >= 4 is 0 Å². The molecule has 0 spiro atoms. The van der Waals surface area contributed by atoms with Gasteiger partial charge >= 0.3 is 0 Å². The van der Waals surface area contributed by atoms with Crippen LogP contribution in [-0.4, -0.2) is 42.9 Å². The summed E-state index contributed by atoms with van der Waals surface area (Å²) in [5, 5.41) is 10.3. The molecule has 0 fully saturated rings. The van der Waals surface area contributed by atoms with Crippen LogP contribution in [0.5, 0.6) is 0 Å². The number of aliphatic hydroxyl groups is 1. The van der Waals surface area contributed by atoms with Gasteiger partial charge in [0.1, 0.15) is 0 Å². The summed E-state index contributed by atoms with van der Waals surface area (Å²) in [6, 6.07) is 8.45. The predicted octanol–water partition coefficient (Wildman–Crippen LogP) is 2.39.